The van der Waals surface area contributed by atoms with Crippen molar-refractivity contribution in [1.82, 2.24) is 19.9 Å². The highest BCUT2D eigenvalue weighted by Crippen LogP contribution is 2.35. The maximum Gasteiger partial charge on any atom is 0.0899 e. The lowest BCUT2D eigenvalue weighted by atomic mass is 9.96. The van der Waals surface area contributed by atoms with Crippen LogP contribution in [0.1, 0.15) is 11.1 Å². The number of benzene rings is 3. The van der Waals surface area contributed by atoms with Gasteiger partial charge in [-0.15, -0.1) is 0 Å². The van der Waals surface area contributed by atoms with Gasteiger partial charge in [-0.1, -0.05) is 48.0 Å². The molecule has 0 aliphatic rings. The maximum absolute atomic E-state index is 5.04. The number of aromatic nitrogens is 4. The fourth-order valence-corrected chi connectivity index (χ4v) is 4.46. The first-order chi connectivity index (χ1) is 16.7. The molecule has 0 aliphatic heterocycles. The summed E-state index contributed by atoms with van der Waals surface area (Å²) >= 11 is 0. The summed E-state index contributed by atoms with van der Waals surface area (Å²) < 4.78 is 0. The van der Waals surface area contributed by atoms with E-state index >= 15 is 0 Å². The fourth-order valence-electron chi connectivity index (χ4n) is 4.46. The van der Waals surface area contributed by atoms with Crippen LogP contribution >= 0.6 is 0 Å². The first-order valence-corrected chi connectivity index (χ1v) is 11.3. The van der Waals surface area contributed by atoms with Crippen molar-refractivity contribution in [2.75, 3.05) is 0 Å². The van der Waals surface area contributed by atoms with Crippen molar-refractivity contribution < 1.29 is 0 Å². The third kappa shape index (κ3) is 3.59. The summed E-state index contributed by atoms with van der Waals surface area (Å²) in [4.78, 5) is 18.8. The molecule has 0 amide bonds. The minimum atomic E-state index is 0.827. The fraction of sp³-hybridized carbons (Fsp3) is 0.0667. The molecule has 6 aromatic rings. The van der Waals surface area contributed by atoms with Crippen LogP contribution < -0.4 is 0 Å². The van der Waals surface area contributed by atoms with E-state index in [2.05, 4.69) is 72.3 Å². The van der Waals surface area contributed by atoms with Crippen LogP contribution in [-0.2, 0) is 0 Å². The third-order valence-electron chi connectivity index (χ3n) is 6.12. The molecule has 0 unspecified atom stereocenters. The summed E-state index contributed by atoms with van der Waals surface area (Å²) in [6.45, 7) is 4.20. The topological polar surface area (TPSA) is 51.6 Å². The molecule has 0 aliphatic carbocycles. The Morgan fingerprint density at radius 3 is 2.24 bits per heavy atom. The van der Waals surface area contributed by atoms with E-state index in [-0.39, 0.29) is 0 Å². The van der Waals surface area contributed by atoms with Crippen LogP contribution in [0.15, 0.2) is 97.6 Å². The summed E-state index contributed by atoms with van der Waals surface area (Å²) in [6, 6.07) is 25.1. The molecule has 34 heavy (non-hydrogen) atoms. The van der Waals surface area contributed by atoms with Gasteiger partial charge in [0.1, 0.15) is 0 Å². The van der Waals surface area contributed by atoms with Crippen molar-refractivity contribution in [3.63, 3.8) is 0 Å². The first kappa shape index (κ1) is 20.2. The Bertz CT molecular complexity index is 1670. The van der Waals surface area contributed by atoms with E-state index in [1.807, 2.05) is 49.1 Å². The highest BCUT2D eigenvalue weighted by Gasteiger charge is 2.13. The number of hydrogen-bond acceptors (Lipinski definition) is 4. The van der Waals surface area contributed by atoms with Crippen LogP contribution in [0.2, 0.25) is 0 Å². The van der Waals surface area contributed by atoms with Gasteiger partial charge in [0.25, 0.3) is 0 Å². The number of hydrogen-bond donors (Lipinski definition) is 0. The second-order valence-corrected chi connectivity index (χ2v) is 8.64. The molecule has 162 valence electrons. The van der Waals surface area contributed by atoms with Crippen molar-refractivity contribution in [1.29, 1.82) is 0 Å². The molecule has 6 rings (SSSR count). The lowest BCUT2D eigenvalue weighted by molar-refractivity contribution is 1.21. The Balaban J connectivity index is 1.53. The van der Waals surface area contributed by atoms with Crippen molar-refractivity contribution in [2.24, 2.45) is 0 Å². The van der Waals surface area contributed by atoms with E-state index in [1.54, 1.807) is 0 Å². The van der Waals surface area contributed by atoms with Crippen molar-refractivity contribution in [2.45, 2.75) is 13.8 Å². The van der Waals surface area contributed by atoms with Gasteiger partial charge in [0.05, 0.1) is 35.0 Å². The van der Waals surface area contributed by atoms with Crippen LogP contribution in [-0.4, -0.2) is 19.9 Å². The van der Waals surface area contributed by atoms with E-state index in [4.69, 9.17) is 9.97 Å². The van der Waals surface area contributed by atoms with E-state index in [1.165, 1.54) is 10.9 Å². The number of rotatable bonds is 3. The quantitative estimate of drug-likeness (QED) is 0.274. The van der Waals surface area contributed by atoms with Gasteiger partial charge >= 0.3 is 0 Å². The van der Waals surface area contributed by atoms with Crippen LogP contribution in [0, 0.1) is 13.8 Å². The molecule has 0 radical (unpaired) electrons. The largest absolute Gasteiger partial charge is 0.260 e. The normalized spacial score (nSPS) is 11.2. The lowest BCUT2D eigenvalue weighted by Gasteiger charge is -2.12. The molecule has 0 bridgehead atoms. The predicted molar refractivity (Wildman–Crippen MR) is 138 cm³/mol. The summed E-state index contributed by atoms with van der Waals surface area (Å²) in [7, 11) is 0. The highest BCUT2D eigenvalue weighted by molar-refractivity contribution is 6.12. The Morgan fingerprint density at radius 2 is 1.38 bits per heavy atom. The molecule has 0 atom stereocenters. The average molecular weight is 439 g/mol. The summed E-state index contributed by atoms with van der Waals surface area (Å²) in [6.07, 6.45) is 7.38. The molecular formula is C30H22N4. The molecule has 0 saturated carbocycles. The number of pyridine rings is 2. The van der Waals surface area contributed by atoms with Gasteiger partial charge in [-0.05, 0) is 60.5 Å². The van der Waals surface area contributed by atoms with Crippen LogP contribution in [0.3, 0.4) is 0 Å². The Kier molecular flexibility index (Phi) is 4.84. The zero-order valence-electron chi connectivity index (χ0n) is 19.0. The van der Waals surface area contributed by atoms with Gasteiger partial charge in [-0.3, -0.25) is 15.0 Å². The molecule has 4 nitrogen and oxygen atoms in total. The smallest absolute Gasteiger partial charge is 0.0899 e. The molecule has 3 aromatic heterocycles. The zero-order valence-corrected chi connectivity index (χ0v) is 19.0. The lowest BCUT2D eigenvalue weighted by Crippen LogP contribution is -1.94. The van der Waals surface area contributed by atoms with E-state index < -0.39 is 0 Å². The summed E-state index contributed by atoms with van der Waals surface area (Å²) in [5.74, 6) is 0. The summed E-state index contributed by atoms with van der Waals surface area (Å²) in [5, 5.41) is 3.50. The Morgan fingerprint density at radius 1 is 0.559 bits per heavy atom. The Labute approximate surface area is 198 Å². The first-order valence-electron chi connectivity index (χ1n) is 11.3. The zero-order chi connectivity index (χ0) is 23.1. The molecule has 3 heterocycles. The van der Waals surface area contributed by atoms with Crippen LogP contribution in [0.5, 0.6) is 0 Å². The number of fused-ring (bicyclic) bond motifs is 3. The van der Waals surface area contributed by atoms with Crippen molar-refractivity contribution in [3.8, 4) is 33.8 Å². The van der Waals surface area contributed by atoms with Gasteiger partial charge in [-0.2, -0.15) is 0 Å². The number of aryl methyl sites for hydroxylation is 2. The Hall–Kier alpha value is -4.44. The minimum Gasteiger partial charge on any atom is -0.260 e. The SMILES string of the molecule is Cc1ccc2c(c1)c(-c1cncc(-c3cccc(-c4ccccn4)c3)n1)cc1ncc(C)cc12. The van der Waals surface area contributed by atoms with Crippen LogP contribution in [0.4, 0.5) is 0 Å². The van der Waals surface area contributed by atoms with E-state index in [0.29, 0.717) is 0 Å². The predicted octanol–water partition coefficient (Wildman–Crippen LogP) is 7.19. The summed E-state index contributed by atoms with van der Waals surface area (Å²) in [5.41, 5.74) is 9.01. The van der Waals surface area contributed by atoms with Crippen LogP contribution in [0.25, 0.3) is 55.4 Å². The second-order valence-electron chi connectivity index (χ2n) is 8.64. The molecule has 0 saturated heterocycles. The number of nitrogens with zero attached hydrogens (tertiary/aromatic N) is 4. The standard InChI is InChI=1S/C30H22N4/c1-19-9-10-23-24(12-19)26(15-28-25(23)13-20(2)16-33-28)30-18-31-17-29(34-30)22-7-5-6-21(14-22)27-8-3-4-11-32-27/h3-18H,1-2H3. The van der Waals surface area contributed by atoms with Crippen molar-refractivity contribution in [3.05, 3.63) is 109 Å². The molecule has 4 heteroatoms. The minimum absolute atomic E-state index is 0.827. The molecule has 0 spiro atoms. The second kappa shape index (κ2) is 8.16. The van der Waals surface area contributed by atoms with Gasteiger partial charge < -0.3 is 0 Å². The maximum atomic E-state index is 5.04. The third-order valence-corrected chi connectivity index (χ3v) is 6.12. The molecular weight excluding hydrogens is 416 g/mol. The van der Waals surface area contributed by atoms with Crippen molar-refractivity contribution >= 4 is 21.7 Å². The van der Waals surface area contributed by atoms with E-state index in [0.717, 1.165) is 55.6 Å². The van der Waals surface area contributed by atoms with Gasteiger partial charge in [0.15, 0.2) is 0 Å². The molecule has 0 N–H and O–H groups in total. The highest BCUT2D eigenvalue weighted by atomic mass is 14.8. The molecule has 0 fully saturated rings. The van der Waals surface area contributed by atoms with E-state index in [9.17, 15) is 0 Å². The average Bonchev–Trinajstić information content (AvgIpc) is 2.89. The monoisotopic (exact) mass is 438 g/mol. The van der Waals surface area contributed by atoms with Gasteiger partial charge in [0, 0.05) is 34.5 Å². The van der Waals surface area contributed by atoms with Gasteiger partial charge in [-0.25, -0.2) is 4.98 Å². The molecule has 3 aromatic carbocycles. The van der Waals surface area contributed by atoms with Gasteiger partial charge in [0.2, 0.25) is 0 Å².